The van der Waals surface area contributed by atoms with Crippen molar-refractivity contribution in [2.75, 3.05) is 52.0 Å². The van der Waals surface area contributed by atoms with E-state index >= 15 is 0 Å². The van der Waals surface area contributed by atoms with E-state index in [9.17, 15) is 0 Å². The summed E-state index contributed by atoms with van der Waals surface area (Å²) in [4.78, 5) is 2.23. The SMILES string of the molecule is COCCCN(CCOC)c1ccc(CCN)cc1Cl. The van der Waals surface area contributed by atoms with Gasteiger partial charge >= 0.3 is 0 Å². The summed E-state index contributed by atoms with van der Waals surface area (Å²) < 4.78 is 10.3. The molecule has 5 heteroatoms. The minimum atomic E-state index is 0.636. The van der Waals surface area contributed by atoms with E-state index in [-0.39, 0.29) is 0 Å². The van der Waals surface area contributed by atoms with Crippen molar-refractivity contribution in [2.45, 2.75) is 12.8 Å². The van der Waals surface area contributed by atoms with Crippen LogP contribution in [0, 0.1) is 0 Å². The monoisotopic (exact) mass is 300 g/mol. The van der Waals surface area contributed by atoms with E-state index < -0.39 is 0 Å². The first kappa shape index (κ1) is 17.2. The molecule has 0 amide bonds. The van der Waals surface area contributed by atoms with Crippen LogP contribution in [-0.2, 0) is 15.9 Å². The van der Waals surface area contributed by atoms with Crippen LogP contribution in [0.1, 0.15) is 12.0 Å². The van der Waals surface area contributed by atoms with Crippen molar-refractivity contribution in [1.82, 2.24) is 0 Å². The van der Waals surface area contributed by atoms with Crippen molar-refractivity contribution in [3.63, 3.8) is 0 Å². The standard InChI is InChI=1S/C15H25ClN2O2/c1-19-10-3-8-18(9-11-20-2)15-5-4-13(6-7-17)12-14(15)16/h4-5,12H,3,6-11,17H2,1-2H3. The Morgan fingerprint density at radius 2 is 1.90 bits per heavy atom. The lowest BCUT2D eigenvalue weighted by molar-refractivity contribution is 0.191. The summed E-state index contributed by atoms with van der Waals surface area (Å²) in [6, 6.07) is 6.15. The number of rotatable bonds is 10. The van der Waals surface area contributed by atoms with E-state index in [2.05, 4.69) is 17.0 Å². The quantitative estimate of drug-likeness (QED) is 0.674. The van der Waals surface area contributed by atoms with E-state index in [1.54, 1.807) is 14.2 Å². The second kappa shape index (κ2) is 10.00. The molecule has 0 aliphatic carbocycles. The summed E-state index contributed by atoms with van der Waals surface area (Å²) in [6.45, 7) is 3.76. The third-order valence-corrected chi connectivity index (χ3v) is 3.43. The maximum absolute atomic E-state index is 6.40. The lowest BCUT2D eigenvalue weighted by Crippen LogP contribution is -2.29. The molecular formula is C15H25ClN2O2. The Hall–Kier alpha value is -0.810. The van der Waals surface area contributed by atoms with Gasteiger partial charge in [-0.15, -0.1) is 0 Å². The van der Waals surface area contributed by atoms with Crippen molar-refractivity contribution in [1.29, 1.82) is 0 Å². The Bertz CT molecular complexity index is 388. The van der Waals surface area contributed by atoms with Gasteiger partial charge in [-0.3, -0.25) is 0 Å². The van der Waals surface area contributed by atoms with E-state index in [1.807, 2.05) is 6.07 Å². The number of nitrogens with zero attached hydrogens (tertiary/aromatic N) is 1. The average Bonchev–Trinajstić information content (AvgIpc) is 2.44. The summed E-state index contributed by atoms with van der Waals surface area (Å²) in [5, 5.41) is 0.768. The highest BCUT2D eigenvalue weighted by atomic mass is 35.5. The normalized spacial score (nSPS) is 10.8. The zero-order valence-electron chi connectivity index (χ0n) is 12.4. The number of hydrogen-bond donors (Lipinski definition) is 1. The molecule has 0 radical (unpaired) electrons. The molecule has 0 saturated heterocycles. The predicted octanol–water partition coefficient (Wildman–Crippen LogP) is 2.33. The molecule has 4 nitrogen and oxygen atoms in total. The summed E-state index contributed by atoms with van der Waals surface area (Å²) >= 11 is 6.40. The van der Waals surface area contributed by atoms with E-state index in [1.165, 1.54) is 5.56 Å². The van der Waals surface area contributed by atoms with Gasteiger partial charge in [0.05, 0.1) is 17.3 Å². The second-order valence-corrected chi connectivity index (χ2v) is 5.06. The molecule has 0 bridgehead atoms. The fraction of sp³-hybridized carbons (Fsp3) is 0.600. The van der Waals surface area contributed by atoms with Gasteiger partial charge in [0, 0.05) is 33.9 Å². The first-order chi connectivity index (χ1) is 9.72. The molecular weight excluding hydrogens is 276 g/mol. The number of anilines is 1. The summed E-state index contributed by atoms with van der Waals surface area (Å²) in [5.41, 5.74) is 7.78. The lowest BCUT2D eigenvalue weighted by Gasteiger charge is -2.26. The summed E-state index contributed by atoms with van der Waals surface area (Å²) in [5.74, 6) is 0. The van der Waals surface area contributed by atoms with Gasteiger partial charge in [-0.25, -0.2) is 0 Å². The number of benzene rings is 1. The Morgan fingerprint density at radius 1 is 1.15 bits per heavy atom. The maximum Gasteiger partial charge on any atom is 0.0642 e. The molecule has 0 aliphatic rings. The zero-order chi connectivity index (χ0) is 14.8. The van der Waals surface area contributed by atoms with Crippen LogP contribution >= 0.6 is 11.6 Å². The summed E-state index contributed by atoms with van der Waals surface area (Å²) in [6.07, 6.45) is 1.81. The van der Waals surface area contributed by atoms with Crippen LogP contribution in [0.5, 0.6) is 0 Å². The first-order valence-electron chi connectivity index (χ1n) is 6.94. The van der Waals surface area contributed by atoms with Gasteiger partial charge in [0.15, 0.2) is 0 Å². The minimum Gasteiger partial charge on any atom is -0.385 e. The Morgan fingerprint density at radius 3 is 2.50 bits per heavy atom. The topological polar surface area (TPSA) is 47.7 Å². The molecule has 114 valence electrons. The zero-order valence-corrected chi connectivity index (χ0v) is 13.2. The summed E-state index contributed by atoms with van der Waals surface area (Å²) in [7, 11) is 3.42. The van der Waals surface area contributed by atoms with Crippen LogP contribution in [-0.4, -0.2) is 47.1 Å². The molecule has 0 aromatic heterocycles. The van der Waals surface area contributed by atoms with Crippen LogP contribution in [0.2, 0.25) is 5.02 Å². The molecule has 1 rings (SSSR count). The molecule has 1 aromatic carbocycles. The second-order valence-electron chi connectivity index (χ2n) is 4.65. The van der Waals surface area contributed by atoms with E-state index in [0.29, 0.717) is 13.2 Å². The highest BCUT2D eigenvalue weighted by Gasteiger charge is 2.10. The van der Waals surface area contributed by atoms with Crippen LogP contribution in [0.25, 0.3) is 0 Å². The van der Waals surface area contributed by atoms with Crippen LogP contribution in [0.3, 0.4) is 0 Å². The molecule has 0 fully saturated rings. The van der Waals surface area contributed by atoms with Gasteiger partial charge < -0.3 is 20.1 Å². The third kappa shape index (κ3) is 5.67. The fourth-order valence-electron chi connectivity index (χ4n) is 2.08. The lowest BCUT2D eigenvalue weighted by atomic mass is 10.1. The van der Waals surface area contributed by atoms with Gasteiger partial charge in [0.2, 0.25) is 0 Å². The van der Waals surface area contributed by atoms with E-state index in [0.717, 1.165) is 43.2 Å². The van der Waals surface area contributed by atoms with Crippen LogP contribution in [0.15, 0.2) is 18.2 Å². The first-order valence-corrected chi connectivity index (χ1v) is 7.32. The minimum absolute atomic E-state index is 0.636. The van der Waals surface area contributed by atoms with Gasteiger partial charge in [0.1, 0.15) is 0 Å². The maximum atomic E-state index is 6.40. The molecule has 0 aliphatic heterocycles. The molecule has 1 aromatic rings. The van der Waals surface area contributed by atoms with Crippen molar-refractivity contribution in [2.24, 2.45) is 5.73 Å². The van der Waals surface area contributed by atoms with Crippen molar-refractivity contribution >= 4 is 17.3 Å². The number of nitrogens with two attached hydrogens (primary N) is 1. The molecule has 20 heavy (non-hydrogen) atoms. The number of methoxy groups -OCH3 is 2. The number of halogens is 1. The van der Waals surface area contributed by atoms with Gasteiger partial charge in [0.25, 0.3) is 0 Å². The van der Waals surface area contributed by atoms with E-state index in [4.69, 9.17) is 26.8 Å². The smallest absolute Gasteiger partial charge is 0.0642 e. The van der Waals surface area contributed by atoms with Gasteiger partial charge in [-0.2, -0.15) is 0 Å². The molecule has 0 unspecified atom stereocenters. The van der Waals surface area contributed by atoms with Crippen molar-refractivity contribution < 1.29 is 9.47 Å². The number of ether oxygens (including phenoxy) is 2. The molecule has 0 atom stereocenters. The Labute approximate surface area is 126 Å². The van der Waals surface area contributed by atoms with Crippen molar-refractivity contribution in [3.05, 3.63) is 28.8 Å². The van der Waals surface area contributed by atoms with Gasteiger partial charge in [-0.1, -0.05) is 17.7 Å². The fourth-order valence-corrected chi connectivity index (χ4v) is 2.41. The Balaban J connectivity index is 2.77. The largest absolute Gasteiger partial charge is 0.385 e. The molecule has 0 spiro atoms. The average molecular weight is 301 g/mol. The molecule has 2 N–H and O–H groups in total. The van der Waals surface area contributed by atoms with Crippen molar-refractivity contribution in [3.8, 4) is 0 Å². The highest BCUT2D eigenvalue weighted by molar-refractivity contribution is 6.33. The molecule has 0 saturated carbocycles. The predicted molar refractivity (Wildman–Crippen MR) is 84.8 cm³/mol. The third-order valence-electron chi connectivity index (χ3n) is 3.13. The highest BCUT2D eigenvalue weighted by Crippen LogP contribution is 2.27. The van der Waals surface area contributed by atoms with Gasteiger partial charge in [-0.05, 0) is 37.1 Å². The molecule has 0 heterocycles. The van der Waals surface area contributed by atoms with Crippen LogP contribution in [0.4, 0.5) is 5.69 Å². The number of hydrogen-bond acceptors (Lipinski definition) is 4. The van der Waals surface area contributed by atoms with Crippen LogP contribution < -0.4 is 10.6 Å². The Kier molecular flexibility index (Phi) is 8.62.